The van der Waals surface area contributed by atoms with Crippen LogP contribution in [0.25, 0.3) is 33.1 Å². The molecule has 0 bridgehead atoms. The SMILES string of the molecule is CC(C)N(C)c1cc2ccccc2nc1-c1ccc2occc2c1. The molecular formula is C21H20N2O. The first kappa shape index (κ1) is 14.8. The minimum atomic E-state index is 0.393. The van der Waals surface area contributed by atoms with Crippen LogP contribution >= 0.6 is 0 Å². The lowest BCUT2D eigenvalue weighted by Crippen LogP contribution is -2.26. The molecule has 0 amide bonds. The summed E-state index contributed by atoms with van der Waals surface area (Å²) in [6.45, 7) is 4.39. The van der Waals surface area contributed by atoms with Crippen LogP contribution in [0.1, 0.15) is 13.8 Å². The molecule has 0 spiro atoms. The lowest BCUT2D eigenvalue weighted by molar-refractivity contribution is 0.616. The molecule has 0 radical (unpaired) electrons. The highest BCUT2D eigenvalue weighted by Gasteiger charge is 2.15. The first-order valence-electron chi connectivity index (χ1n) is 8.24. The fourth-order valence-corrected chi connectivity index (χ4v) is 2.98. The Kier molecular flexibility index (Phi) is 3.49. The van der Waals surface area contributed by atoms with E-state index in [4.69, 9.17) is 9.40 Å². The van der Waals surface area contributed by atoms with Gasteiger partial charge in [-0.3, -0.25) is 0 Å². The maximum absolute atomic E-state index is 5.46. The van der Waals surface area contributed by atoms with Gasteiger partial charge < -0.3 is 9.32 Å². The van der Waals surface area contributed by atoms with Crippen LogP contribution in [0.3, 0.4) is 0 Å². The summed E-state index contributed by atoms with van der Waals surface area (Å²) >= 11 is 0. The predicted molar refractivity (Wildman–Crippen MR) is 100 cm³/mol. The Bertz CT molecular complexity index is 1020. The zero-order chi connectivity index (χ0) is 16.7. The molecule has 3 heteroatoms. The van der Waals surface area contributed by atoms with Gasteiger partial charge in [0, 0.05) is 29.4 Å². The Morgan fingerprint density at radius 3 is 2.62 bits per heavy atom. The average Bonchev–Trinajstić information content (AvgIpc) is 3.07. The molecule has 24 heavy (non-hydrogen) atoms. The number of pyridine rings is 1. The van der Waals surface area contributed by atoms with Crippen LogP contribution < -0.4 is 4.90 Å². The molecule has 0 saturated heterocycles. The van der Waals surface area contributed by atoms with Crippen LogP contribution in [0.15, 0.2) is 65.3 Å². The van der Waals surface area contributed by atoms with Crippen molar-refractivity contribution in [3.63, 3.8) is 0 Å². The third-order valence-corrected chi connectivity index (χ3v) is 4.58. The van der Waals surface area contributed by atoms with E-state index in [0.29, 0.717) is 6.04 Å². The summed E-state index contributed by atoms with van der Waals surface area (Å²) in [6.07, 6.45) is 1.73. The van der Waals surface area contributed by atoms with Crippen molar-refractivity contribution in [1.29, 1.82) is 0 Å². The van der Waals surface area contributed by atoms with Crippen molar-refractivity contribution in [2.45, 2.75) is 19.9 Å². The van der Waals surface area contributed by atoms with E-state index in [2.05, 4.69) is 62.2 Å². The van der Waals surface area contributed by atoms with Gasteiger partial charge in [0.25, 0.3) is 0 Å². The fourth-order valence-electron chi connectivity index (χ4n) is 2.98. The molecule has 3 nitrogen and oxygen atoms in total. The molecule has 0 atom stereocenters. The molecule has 2 aromatic heterocycles. The maximum Gasteiger partial charge on any atom is 0.133 e. The van der Waals surface area contributed by atoms with Crippen LogP contribution in [-0.4, -0.2) is 18.1 Å². The maximum atomic E-state index is 5.46. The lowest BCUT2D eigenvalue weighted by atomic mass is 10.0. The third-order valence-electron chi connectivity index (χ3n) is 4.58. The van der Waals surface area contributed by atoms with Gasteiger partial charge >= 0.3 is 0 Å². The van der Waals surface area contributed by atoms with E-state index in [9.17, 15) is 0 Å². The van der Waals surface area contributed by atoms with Crippen molar-refractivity contribution in [1.82, 2.24) is 4.98 Å². The predicted octanol–water partition coefficient (Wildman–Crippen LogP) is 5.49. The van der Waals surface area contributed by atoms with E-state index in [1.54, 1.807) is 6.26 Å². The molecule has 0 aliphatic rings. The van der Waals surface area contributed by atoms with E-state index < -0.39 is 0 Å². The van der Waals surface area contributed by atoms with Crippen molar-refractivity contribution < 1.29 is 4.42 Å². The highest BCUT2D eigenvalue weighted by Crippen LogP contribution is 2.34. The molecule has 0 saturated carbocycles. The van der Waals surface area contributed by atoms with E-state index in [1.165, 1.54) is 0 Å². The van der Waals surface area contributed by atoms with Gasteiger partial charge in [0.1, 0.15) is 5.58 Å². The number of hydrogen-bond donors (Lipinski definition) is 0. The molecule has 0 aliphatic heterocycles. The Hall–Kier alpha value is -2.81. The normalized spacial score (nSPS) is 11.5. The molecule has 0 N–H and O–H groups in total. The number of fused-ring (bicyclic) bond motifs is 2. The molecule has 4 rings (SSSR count). The van der Waals surface area contributed by atoms with Crippen molar-refractivity contribution in [2.24, 2.45) is 0 Å². The Balaban J connectivity index is 1.98. The molecule has 0 unspecified atom stereocenters. The lowest BCUT2D eigenvalue weighted by Gasteiger charge is -2.26. The molecule has 0 aliphatic carbocycles. The van der Waals surface area contributed by atoms with Crippen molar-refractivity contribution in [2.75, 3.05) is 11.9 Å². The number of benzene rings is 2. The quantitative estimate of drug-likeness (QED) is 0.500. The highest BCUT2D eigenvalue weighted by atomic mass is 16.3. The summed E-state index contributed by atoms with van der Waals surface area (Å²) in [7, 11) is 2.12. The summed E-state index contributed by atoms with van der Waals surface area (Å²) in [4.78, 5) is 7.24. The average molecular weight is 316 g/mol. The topological polar surface area (TPSA) is 29.3 Å². The Morgan fingerprint density at radius 2 is 1.79 bits per heavy atom. The van der Waals surface area contributed by atoms with Crippen LogP contribution in [0.4, 0.5) is 5.69 Å². The summed E-state index contributed by atoms with van der Waals surface area (Å²) in [5.41, 5.74) is 5.18. The van der Waals surface area contributed by atoms with Gasteiger partial charge in [0.15, 0.2) is 0 Å². The second kappa shape index (κ2) is 5.68. The standard InChI is InChI=1S/C21H20N2O/c1-14(2)23(3)19-13-15-6-4-5-7-18(15)22-21(19)17-8-9-20-16(12-17)10-11-24-20/h4-14H,1-3H3. The summed E-state index contributed by atoms with van der Waals surface area (Å²) < 4.78 is 5.46. The smallest absolute Gasteiger partial charge is 0.133 e. The van der Waals surface area contributed by atoms with Crippen molar-refractivity contribution in [3.05, 3.63) is 60.9 Å². The molecule has 2 aromatic carbocycles. The van der Waals surface area contributed by atoms with Gasteiger partial charge in [-0.2, -0.15) is 0 Å². The van der Waals surface area contributed by atoms with Gasteiger partial charge in [-0.25, -0.2) is 4.98 Å². The van der Waals surface area contributed by atoms with Gasteiger partial charge in [0.2, 0.25) is 0 Å². The van der Waals surface area contributed by atoms with Crippen molar-refractivity contribution >= 4 is 27.6 Å². The molecule has 120 valence electrons. The zero-order valence-corrected chi connectivity index (χ0v) is 14.2. The molecule has 0 fully saturated rings. The first-order chi connectivity index (χ1) is 11.6. The summed E-state index contributed by atoms with van der Waals surface area (Å²) in [5, 5.41) is 2.26. The van der Waals surface area contributed by atoms with Crippen LogP contribution in [0.5, 0.6) is 0 Å². The summed E-state index contributed by atoms with van der Waals surface area (Å²) in [6, 6.07) is 19.1. The number of hydrogen-bond acceptors (Lipinski definition) is 3. The molecule has 4 aromatic rings. The van der Waals surface area contributed by atoms with Crippen LogP contribution in [0, 0.1) is 0 Å². The summed E-state index contributed by atoms with van der Waals surface area (Å²) in [5.74, 6) is 0. The number of furan rings is 1. The second-order valence-corrected chi connectivity index (χ2v) is 6.43. The zero-order valence-electron chi connectivity index (χ0n) is 14.2. The monoisotopic (exact) mass is 316 g/mol. The first-order valence-corrected chi connectivity index (χ1v) is 8.24. The van der Waals surface area contributed by atoms with Gasteiger partial charge in [-0.15, -0.1) is 0 Å². The van der Waals surface area contributed by atoms with Gasteiger partial charge in [-0.05, 0) is 50.2 Å². The highest BCUT2D eigenvalue weighted by molar-refractivity contribution is 5.92. The Labute approximate surface area is 141 Å². The van der Waals surface area contributed by atoms with Gasteiger partial charge in [0.05, 0.1) is 23.2 Å². The fraction of sp³-hybridized carbons (Fsp3) is 0.190. The number of anilines is 1. The number of rotatable bonds is 3. The van der Waals surface area contributed by atoms with Crippen LogP contribution in [-0.2, 0) is 0 Å². The number of para-hydroxylation sites is 1. The van der Waals surface area contributed by atoms with E-state index in [1.807, 2.05) is 18.2 Å². The molecule has 2 heterocycles. The number of aromatic nitrogens is 1. The largest absolute Gasteiger partial charge is 0.464 e. The second-order valence-electron chi connectivity index (χ2n) is 6.43. The van der Waals surface area contributed by atoms with E-state index in [0.717, 1.165) is 38.8 Å². The Morgan fingerprint density at radius 1 is 0.958 bits per heavy atom. The van der Waals surface area contributed by atoms with Crippen LogP contribution in [0.2, 0.25) is 0 Å². The van der Waals surface area contributed by atoms with Gasteiger partial charge in [-0.1, -0.05) is 18.2 Å². The third kappa shape index (κ3) is 2.42. The minimum absolute atomic E-state index is 0.393. The minimum Gasteiger partial charge on any atom is -0.464 e. The number of nitrogens with zero attached hydrogens (tertiary/aromatic N) is 2. The van der Waals surface area contributed by atoms with Crippen molar-refractivity contribution in [3.8, 4) is 11.3 Å². The van der Waals surface area contributed by atoms with E-state index >= 15 is 0 Å². The van der Waals surface area contributed by atoms with E-state index in [-0.39, 0.29) is 0 Å². The molecular weight excluding hydrogens is 296 g/mol.